The van der Waals surface area contributed by atoms with Gasteiger partial charge >= 0.3 is 5.97 Å². The zero-order chi connectivity index (χ0) is 48.8. The molecule has 0 aromatic heterocycles. The highest BCUT2D eigenvalue weighted by atomic mass is 16.5. The molecule has 0 aliphatic carbocycles. The van der Waals surface area contributed by atoms with Crippen LogP contribution in [-0.2, 0) is 14.3 Å². The summed E-state index contributed by atoms with van der Waals surface area (Å²) in [5, 5.41) is 23.9. The summed E-state index contributed by atoms with van der Waals surface area (Å²) in [7, 11) is 0. The van der Waals surface area contributed by atoms with E-state index in [1.54, 1.807) is 0 Å². The normalized spacial score (nSPS) is 13.6. The first-order valence-corrected chi connectivity index (χ1v) is 29.1. The number of amides is 1. The highest BCUT2D eigenvalue weighted by Crippen LogP contribution is 2.18. The first kappa shape index (κ1) is 64.6. The molecule has 1 amide bonds. The second-order valence-electron chi connectivity index (χ2n) is 19.8. The summed E-state index contributed by atoms with van der Waals surface area (Å²) in [6, 6.07) is -0.718. The van der Waals surface area contributed by atoms with Crippen LogP contribution in [0.2, 0.25) is 0 Å². The maximum atomic E-state index is 13.3. The lowest BCUT2D eigenvalue weighted by atomic mass is 10.0. The SMILES string of the molecule is CCCCC/C=C/C=C/C=C/C=C/CCCCCC(CC(=O)NC(CO)C(O)CCCCCCCCCCCCCCCCCCC)OC(=O)CCCCCCCCC/C=C\CCCCCC. The molecule has 0 saturated heterocycles. The maximum Gasteiger partial charge on any atom is 0.306 e. The molecule has 3 unspecified atom stereocenters. The van der Waals surface area contributed by atoms with Crippen LogP contribution < -0.4 is 5.32 Å². The van der Waals surface area contributed by atoms with Crippen molar-refractivity contribution in [2.45, 2.75) is 309 Å². The third-order valence-electron chi connectivity index (χ3n) is 13.2. The summed E-state index contributed by atoms with van der Waals surface area (Å²) < 4.78 is 5.94. The van der Waals surface area contributed by atoms with Crippen LogP contribution >= 0.6 is 0 Å². The van der Waals surface area contributed by atoms with E-state index < -0.39 is 18.2 Å². The maximum absolute atomic E-state index is 13.3. The predicted molar refractivity (Wildman–Crippen MR) is 292 cm³/mol. The minimum atomic E-state index is -0.802. The number of hydrogen-bond acceptors (Lipinski definition) is 5. The molecule has 6 heteroatoms. The van der Waals surface area contributed by atoms with Crippen molar-refractivity contribution < 1.29 is 24.5 Å². The van der Waals surface area contributed by atoms with E-state index in [-0.39, 0.29) is 24.9 Å². The summed E-state index contributed by atoms with van der Waals surface area (Å²) in [6.07, 6.45) is 68.5. The van der Waals surface area contributed by atoms with Gasteiger partial charge in [-0.05, 0) is 77.0 Å². The molecule has 0 aromatic carbocycles. The molecule has 0 spiro atoms. The highest BCUT2D eigenvalue weighted by molar-refractivity contribution is 5.77. The Balaban J connectivity index is 4.61. The Morgan fingerprint density at radius 2 is 0.776 bits per heavy atom. The lowest BCUT2D eigenvalue weighted by Crippen LogP contribution is -2.46. The van der Waals surface area contributed by atoms with Gasteiger partial charge in [0.15, 0.2) is 0 Å². The molecule has 3 atom stereocenters. The Morgan fingerprint density at radius 1 is 0.433 bits per heavy atom. The molecule has 0 bridgehead atoms. The zero-order valence-electron chi connectivity index (χ0n) is 44.5. The van der Waals surface area contributed by atoms with E-state index in [1.807, 2.05) is 0 Å². The third-order valence-corrected chi connectivity index (χ3v) is 13.2. The quantitative estimate of drug-likeness (QED) is 0.0244. The average Bonchev–Trinajstić information content (AvgIpc) is 3.32. The topological polar surface area (TPSA) is 95.9 Å². The Morgan fingerprint density at radius 3 is 1.25 bits per heavy atom. The number of hydrogen-bond donors (Lipinski definition) is 3. The van der Waals surface area contributed by atoms with Crippen LogP contribution in [0.5, 0.6) is 0 Å². The van der Waals surface area contributed by atoms with Gasteiger partial charge in [0, 0.05) is 6.42 Å². The molecular formula is C61H111NO5. The van der Waals surface area contributed by atoms with Crippen molar-refractivity contribution in [1.82, 2.24) is 5.32 Å². The van der Waals surface area contributed by atoms with Gasteiger partial charge in [-0.2, -0.15) is 0 Å². The first-order valence-electron chi connectivity index (χ1n) is 29.1. The van der Waals surface area contributed by atoms with Gasteiger partial charge in [-0.3, -0.25) is 9.59 Å². The Kier molecular flexibility index (Phi) is 52.5. The van der Waals surface area contributed by atoms with Crippen LogP contribution in [0.1, 0.15) is 290 Å². The van der Waals surface area contributed by atoms with Gasteiger partial charge in [-0.1, -0.05) is 261 Å². The second-order valence-corrected chi connectivity index (χ2v) is 19.8. The Hall–Kier alpha value is -2.44. The van der Waals surface area contributed by atoms with Crippen LogP contribution in [-0.4, -0.2) is 46.9 Å². The van der Waals surface area contributed by atoms with E-state index >= 15 is 0 Å². The summed E-state index contributed by atoms with van der Waals surface area (Å²) in [4.78, 5) is 26.3. The van der Waals surface area contributed by atoms with E-state index in [9.17, 15) is 19.8 Å². The number of rotatable bonds is 52. The van der Waals surface area contributed by atoms with Gasteiger partial charge in [0.1, 0.15) is 6.10 Å². The summed E-state index contributed by atoms with van der Waals surface area (Å²) in [5.74, 6) is -0.510. The number of esters is 1. The minimum absolute atomic E-state index is 0.0499. The van der Waals surface area contributed by atoms with E-state index in [4.69, 9.17) is 4.74 Å². The molecule has 0 radical (unpaired) electrons. The van der Waals surface area contributed by atoms with Crippen molar-refractivity contribution in [2.75, 3.05) is 6.61 Å². The lowest BCUT2D eigenvalue weighted by molar-refractivity contribution is -0.151. The molecule has 0 heterocycles. The fourth-order valence-corrected chi connectivity index (χ4v) is 8.73. The zero-order valence-corrected chi connectivity index (χ0v) is 44.5. The van der Waals surface area contributed by atoms with Gasteiger partial charge in [-0.25, -0.2) is 0 Å². The number of unbranched alkanes of at least 4 members (excludes halogenated alkanes) is 33. The molecule has 0 rings (SSSR count). The number of aliphatic hydroxyl groups excluding tert-OH is 2. The number of allylic oxidation sites excluding steroid dienone is 10. The fourth-order valence-electron chi connectivity index (χ4n) is 8.73. The first-order chi connectivity index (χ1) is 33.0. The molecule has 0 fully saturated rings. The molecule has 0 aromatic rings. The van der Waals surface area contributed by atoms with Crippen molar-refractivity contribution in [2.24, 2.45) is 0 Å². The number of carbonyl (C=O) groups excluding carboxylic acids is 2. The summed E-state index contributed by atoms with van der Waals surface area (Å²) >= 11 is 0. The summed E-state index contributed by atoms with van der Waals surface area (Å²) in [6.45, 7) is 6.45. The van der Waals surface area contributed by atoms with Gasteiger partial charge in [-0.15, -0.1) is 0 Å². The molecule has 0 saturated carbocycles. The van der Waals surface area contributed by atoms with Crippen molar-refractivity contribution >= 4 is 11.9 Å². The Labute approximate surface area is 416 Å². The van der Waals surface area contributed by atoms with E-state index in [1.165, 1.54) is 173 Å². The van der Waals surface area contributed by atoms with E-state index in [2.05, 4.69) is 86.8 Å². The third kappa shape index (κ3) is 49.8. The van der Waals surface area contributed by atoms with Crippen molar-refractivity contribution in [3.63, 3.8) is 0 Å². The number of ether oxygens (including phenoxy) is 1. The number of nitrogens with one attached hydrogen (secondary N) is 1. The average molecular weight is 939 g/mol. The van der Waals surface area contributed by atoms with Gasteiger partial charge in [0.2, 0.25) is 5.91 Å². The van der Waals surface area contributed by atoms with Crippen molar-refractivity contribution in [1.29, 1.82) is 0 Å². The molecule has 6 nitrogen and oxygen atoms in total. The molecule has 0 aliphatic heterocycles. The largest absolute Gasteiger partial charge is 0.462 e. The van der Waals surface area contributed by atoms with Gasteiger partial charge in [0.25, 0.3) is 0 Å². The fraction of sp³-hybridized carbons (Fsp3) is 0.803. The van der Waals surface area contributed by atoms with E-state index in [0.717, 1.165) is 70.6 Å². The van der Waals surface area contributed by atoms with Crippen LogP contribution in [0.15, 0.2) is 60.8 Å². The summed E-state index contributed by atoms with van der Waals surface area (Å²) in [5.41, 5.74) is 0. The number of carbonyl (C=O) groups is 2. The smallest absolute Gasteiger partial charge is 0.306 e. The lowest BCUT2D eigenvalue weighted by Gasteiger charge is -2.24. The standard InChI is InChI=1S/C61H111NO5/c1-4-7-10-13-16-19-22-25-28-30-33-35-38-41-44-47-50-53-59(64)58(56-63)62-60(65)55-57(52-49-46-43-40-37-34-32-29-26-23-20-17-14-11-8-5-2)67-61(66)54-51-48-45-42-39-36-31-27-24-21-18-15-12-9-6-3/h17,20-21,23-24,26,29,32,34,37,57-59,63-64H,4-16,18-19,22,25,27-28,30-31,33,35-36,38-56H2,1-3H3,(H,62,65)/b20-17+,24-21-,26-23+,32-29+,37-34+. The minimum Gasteiger partial charge on any atom is -0.462 e. The predicted octanol–water partition coefficient (Wildman–Crippen LogP) is 18.0. The van der Waals surface area contributed by atoms with Crippen LogP contribution in [0, 0.1) is 0 Å². The molecule has 3 N–H and O–H groups in total. The van der Waals surface area contributed by atoms with Crippen molar-refractivity contribution in [3.05, 3.63) is 60.8 Å². The molecule has 390 valence electrons. The Bertz CT molecular complexity index is 1190. The molecule has 67 heavy (non-hydrogen) atoms. The van der Waals surface area contributed by atoms with Crippen molar-refractivity contribution in [3.8, 4) is 0 Å². The number of aliphatic hydroxyl groups is 2. The van der Waals surface area contributed by atoms with E-state index in [0.29, 0.717) is 19.3 Å². The highest BCUT2D eigenvalue weighted by Gasteiger charge is 2.24. The molecule has 0 aliphatic rings. The second kappa shape index (κ2) is 54.5. The van der Waals surface area contributed by atoms with Crippen LogP contribution in [0.3, 0.4) is 0 Å². The molecular weight excluding hydrogens is 827 g/mol. The van der Waals surface area contributed by atoms with Crippen LogP contribution in [0.4, 0.5) is 0 Å². The van der Waals surface area contributed by atoms with Gasteiger partial charge in [0.05, 0.1) is 25.2 Å². The van der Waals surface area contributed by atoms with Crippen LogP contribution in [0.25, 0.3) is 0 Å². The monoisotopic (exact) mass is 938 g/mol. The van der Waals surface area contributed by atoms with Gasteiger partial charge < -0.3 is 20.3 Å².